The van der Waals surface area contributed by atoms with Gasteiger partial charge in [0.1, 0.15) is 0 Å². The van der Waals surface area contributed by atoms with E-state index in [9.17, 15) is 4.79 Å². The van der Waals surface area contributed by atoms with Gasteiger partial charge in [0.15, 0.2) is 5.11 Å². The molecule has 2 aromatic carbocycles. The Balaban J connectivity index is 1.97. The summed E-state index contributed by atoms with van der Waals surface area (Å²) in [6.07, 6.45) is 0. The highest BCUT2D eigenvalue weighted by Gasteiger charge is 2.08. The number of amides is 1. The fourth-order valence-electron chi connectivity index (χ4n) is 1.50. The van der Waals surface area contributed by atoms with Gasteiger partial charge in [0, 0.05) is 20.7 Å². The number of carbonyl (C=O) groups excluding carboxylic acids is 1. The summed E-state index contributed by atoms with van der Waals surface area (Å²) in [5.41, 5.74) is 1.29. The smallest absolute Gasteiger partial charge is 0.257 e. The van der Waals surface area contributed by atoms with Crippen molar-refractivity contribution in [2.45, 2.75) is 0 Å². The topological polar surface area (TPSA) is 41.1 Å². The molecule has 0 bridgehead atoms. The third kappa shape index (κ3) is 4.30. The standard InChI is InChI=1S/C14H10BrClN2OS/c15-10-3-1-2-9(8-10)13(19)18-14(20)17-12-6-4-11(16)5-7-12/h1-8H,(H2,17,18,19,20). The molecule has 2 aromatic rings. The van der Waals surface area contributed by atoms with Gasteiger partial charge in [-0.15, -0.1) is 0 Å². The van der Waals surface area contributed by atoms with Crippen molar-refractivity contribution >= 4 is 56.5 Å². The first-order valence-electron chi connectivity index (χ1n) is 5.68. The number of rotatable bonds is 2. The molecule has 0 aliphatic rings. The number of hydrogen-bond donors (Lipinski definition) is 2. The lowest BCUT2D eigenvalue weighted by Crippen LogP contribution is -2.34. The van der Waals surface area contributed by atoms with Crippen LogP contribution in [0.4, 0.5) is 5.69 Å². The lowest BCUT2D eigenvalue weighted by molar-refractivity contribution is 0.0977. The second-order valence-corrected chi connectivity index (χ2v) is 5.69. The van der Waals surface area contributed by atoms with Crippen molar-refractivity contribution in [2.75, 3.05) is 5.32 Å². The van der Waals surface area contributed by atoms with E-state index in [0.717, 1.165) is 10.2 Å². The first-order valence-corrected chi connectivity index (χ1v) is 7.26. The van der Waals surface area contributed by atoms with Crippen LogP contribution in [0.15, 0.2) is 53.0 Å². The second kappa shape index (κ2) is 6.83. The van der Waals surface area contributed by atoms with Crippen molar-refractivity contribution in [1.29, 1.82) is 0 Å². The maximum atomic E-state index is 12.0. The van der Waals surface area contributed by atoms with E-state index in [1.54, 1.807) is 42.5 Å². The molecule has 20 heavy (non-hydrogen) atoms. The molecule has 3 nitrogen and oxygen atoms in total. The third-order valence-electron chi connectivity index (χ3n) is 2.42. The fraction of sp³-hybridized carbons (Fsp3) is 0. The van der Waals surface area contributed by atoms with Crippen LogP contribution < -0.4 is 10.6 Å². The third-order valence-corrected chi connectivity index (χ3v) is 3.37. The average molecular weight is 370 g/mol. The van der Waals surface area contributed by atoms with Crippen LogP contribution in [0.25, 0.3) is 0 Å². The summed E-state index contributed by atoms with van der Waals surface area (Å²) in [6, 6.07) is 14.1. The van der Waals surface area contributed by atoms with Gasteiger partial charge < -0.3 is 5.32 Å². The zero-order valence-corrected chi connectivity index (χ0v) is 13.3. The molecule has 2 N–H and O–H groups in total. The van der Waals surface area contributed by atoms with Crippen molar-refractivity contribution in [3.63, 3.8) is 0 Å². The van der Waals surface area contributed by atoms with Gasteiger partial charge in [-0.3, -0.25) is 10.1 Å². The predicted octanol–water partition coefficient (Wildman–Crippen LogP) is 4.23. The molecular weight excluding hydrogens is 360 g/mol. The van der Waals surface area contributed by atoms with E-state index in [-0.39, 0.29) is 11.0 Å². The molecule has 0 unspecified atom stereocenters. The molecule has 0 saturated carbocycles. The van der Waals surface area contributed by atoms with Gasteiger partial charge >= 0.3 is 0 Å². The summed E-state index contributed by atoms with van der Waals surface area (Å²) in [5, 5.41) is 6.40. The van der Waals surface area contributed by atoms with E-state index < -0.39 is 0 Å². The summed E-state index contributed by atoms with van der Waals surface area (Å²) in [6.45, 7) is 0. The number of thiocarbonyl (C=S) groups is 1. The minimum Gasteiger partial charge on any atom is -0.332 e. The second-order valence-electron chi connectivity index (χ2n) is 3.93. The molecule has 0 spiro atoms. The largest absolute Gasteiger partial charge is 0.332 e. The van der Waals surface area contributed by atoms with E-state index in [1.807, 2.05) is 6.07 Å². The number of anilines is 1. The van der Waals surface area contributed by atoms with Gasteiger partial charge in [0.2, 0.25) is 0 Å². The van der Waals surface area contributed by atoms with Crippen LogP contribution in [-0.2, 0) is 0 Å². The summed E-state index contributed by atoms with van der Waals surface area (Å²) < 4.78 is 0.835. The lowest BCUT2D eigenvalue weighted by atomic mass is 10.2. The zero-order valence-electron chi connectivity index (χ0n) is 10.2. The molecule has 0 heterocycles. The Kier molecular flexibility index (Phi) is 5.11. The van der Waals surface area contributed by atoms with Gasteiger partial charge in [-0.25, -0.2) is 0 Å². The van der Waals surface area contributed by atoms with Crippen LogP contribution in [0.2, 0.25) is 5.02 Å². The van der Waals surface area contributed by atoms with Crippen molar-refractivity contribution < 1.29 is 4.79 Å². The Hall–Kier alpha value is -1.43. The SMILES string of the molecule is O=C(NC(=S)Nc1ccc(Cl)cc1)c1cccc(Br)c1. The summed E-state index contributed by atoms with van der Waals surface area (Å²) in [4.78, 5) is 12.0. The average Bonchev–Trinajstić information content (AvgIpc) is 2.41. The molecule has 1 amide bonds. The molecular formula is C14H10BrClN2OS. The Bertz CT molecular complexity index is 646. The number of hydrogen-bond acceptors (Lipinski definition) is 2. The highest BCUT2D eigenvalue weighted by atomic mass is 79.9. The normalized spacial score (nSPS) is 9.90. The molecule has 0 atom stereocenters. The van der Waals surface area contributed by atoms with Crippen molar-refractivity contribution in [3.8, 4) is 0 Å². The van der Waals surface area contributed by atoms with Gasteiger partial charge in [-0.05, 0) is 54.7 Å². The van der Waals surface area contributed by atoms with E-state index >= 15 is 0 Å². The van der Waals surface area contributed by atoms with Crippen LogP contribution in [-0.4, -0.2) is 11.0 Å². The molecule has 2 rings (SSSR count). The quantitative estimate of drug-likeness (QED) is 0.778. The maximum absolute atomic E-state index is 12.0. The van der Waals surface area contributed by atoms with Crippen LogP contribution in [0, 0.1) is 0 Å². The van der Waals surface area contributed by atoms with Crippen molar-refractivity contribution in [2.24, 2.45) is 0 Å². The highest BCUT2D eigenvalue weighted by Crippen LogP contribution is 2.14. The van der Waals surface area contributed by atoms with Gasteiger partial charge in [0.25, 0.3) is 5.91 Å². The highest BCUT2D eigenvalue weighted by molar-refractivity contribution is 9.10. The number of benzene rings is 2. The van der Waals surface area contributed by atoms with Crippen LogP contribution in [0.1, 0.15) is 10.4 Å². The summed E-state index contributed by atoms with van der Waals surface area (Å²) in [5.74, 6) is -0.266. The lowest BCUT2D eigenvalue weighted by Gasteiger charge is -2.09. The van der Waals surface area contributed by atoms with E-state index in [2.05, 4.69) is 26.6 Å². The van der Waals surface area contributed by atoms with E-state index in [0.29, 0.717) is 10.6 Å². The molecule has 102 valence electrons. The molecule has 0 saturated heterocycles. The number of halogens is 2. The number of nitrogens with one attached hydrogen (secondary N) is 2. The van der Waals surface area contributed by atoms with Gasteiger partial charge in [-0.2, -0.15) is 0 Å². The summed E-state index contributed by atoms with van der Waals surface area (Å²) >= 11 is 14.2. The molecule has 6 heteroatoms. The molecule has 0 fully saturated rings. The van der Waals surface area contributed by atoms with Crippen LogP contribution in [0.3, 0.4) is 0 Å². The van der Waals surface area contributed by atoms with Crippen LogP contribution >= 0.6 is 39.7 Å². The minimum absolute atomic E-state index is 0.234. The Labute approximate surface area is 135 Å². The van der Waals surface area contributed by atoms with Gasteiger partial charge in [-0.1, -0.05) is 33.6 Å². The molecule has 0 aliphatic carbocycles. The van der Waals surface area contributed by atoms with Crippen molar-refractivity contribution in [1.82, 2.24) is 5.32 Å². The zero-order chi connectivity index (χ0) is 14.5. The van der Waals surface area contributed by atoms with Gasteiger partial charge in [0.05, 0.1) is 0 Å². The minimum atomic E-state index is -0.266. The fourth-order valence-corrected chi connectivity index (χ4v) is 2.24. The maximum Gasteiger partial charge on any atom is 0.257 e. The molecule has 0 radical (unpaired) electrons. The Morgan fingerprint density at radius 2 is 1.85 bits per heavy atom. The predicted molar refractivity (Wildman–Crippen MR) is 89.3 cm³/mol. The van der Waals surface area contributed by atoms with Crippen LogP contribution in [0.5, 0.6) is 0 Å². The monoisotopic (exact) mass is 368 g/mol. The Morgan fingerprint density at radius 1 is 1.15 bits per heavy atom. The Morgan fingerprint density at radius 3 is 2.50 bits per heavy atom. The molecule has 0 aromatic heterocycles. The van der Waals surface area contributed by atoms with Crippen molar-refractivity contribution in [3.05, 3.63) is 63.6 Å². The first kappa shape index (κ1) is 15.0. The first-order chi connectivity index (χ1) is 9.54. The number of carbonyl (C=O) groups is 1. The van der Waals surface area contributed by atoms with E-state index in [1.165, 1.54) is 0 Å². The molecule has 0 aliphatic heterocycles. The van der Waals surface area contributed by atoms with E-state index in [4.69, 9.17) is 23.8 Å². The summed E-state index contributed by atoms with van der Waals surface area (Å²) in [7, 11) is 0.